The molecule has 0 radical (unpaired) electrons. The van der Waals surface area contributed by atoms with E-state index in [-0.39, 0.29) is 0 Å². The van der Waals surface area contributed by atoms with E-state index in [0.717, 1.165) is 22.8 Å². The molecule has 2 aromatic carbocycles. The van der Waals surface area contributed by atoms with Crippen molar-refractivity contribution in [3.05, 3.63) is 54.7 Å². The molecule has 0 spiro atoms. The fourth-order valence-corrected chi connectivity index (χ4v) is 2.38. The SMILES string of the molecule is CCOc1ccccc1Nc1nncc(Nc2ccc(N(C)C)cc2)n1. The zero-order chi connectivity index (χ0) is 18.4. The number of para-hydroxylation sites is 2. The Kier molecular flexibility index (Phi) is 5.48. The molecule has 134 valence electrons. The van der Waals surface area contributed by atoms with E-state index >= 15 is 0 Å². The third kappa shape index (κ3) is 4.38. The molecule has 0 aliphatic rings. The Bertz CT molecular complexity index is 851. The standard InChI is InChI=1S/C19H22N6O/c1-4-26-17-8-6-5-7-16(17)22-19-23-18(13-20-24-19)21-14-9-11-15(12-10-14)25(2)3/h5-13H,4H2,1-3H3,(H2,21,22,23,24). The lowest BCUT2D eigenvalue weighted by Gasteiger charge is -2.13. The van der Waals surface area contributed by atoms with Crippen molar-refractivity contribution in [3.63, 3.8) is 0 Å². The molecule has 3 aromatic rings. The number of rotatable bonds is 7. The van der Waals surface area contributed by atoms with Crippen molar-refractivity contribution in [2.75, 3.05) is 36.2 Å². The first-order chi connectivity index (χ1) is 12.7. The topological polar surface area (TPSA) is 75.2 Å². The summed E-state index contributed by atoms with van der Waals surface area (Å²) in [6.45, 7) is 2.53. The van der Waals surface area contributed by atoms with Crippen LogP contribution in [0.1, 0.15) is 6.92 Å². The van der Waals surface area contributed by atoms with E-state index in [1.807, 2.05) is 74.4 Å². The number of ether oxygens (including phenoxy) is 1. The van der Waals surface area contributed by atoms with Crippen LogP contribution in [0.25, 0.3) is 0 Å². The monoisotopic (exact) mass is 350 g/mol. The summed E-state index contributed by atoms with van der Waals surface area (Å²) in [5, 5.41) is 14.4. The van der Waals surface area contributed by atoms with Gasteiger partial charge >= 0.3 is 0 Å². The molecule has 1 heterocycles. The van der Waals surface area contributed by atoms with Crippen LogP contribution in [-0.2, 0) is 0 Å². The normalized spacial score (nSPS) is 10.3. The van der Waals surface area contributed by atoms with Crippen LogP contribution < -0.4 is 20.3 Å². The molecule has 0 saturated heterocycles. The summed E-state index contributed by atoms with van der Waals surface area (Å²) in [5.74, 6) is 1.75. The highest BCUT2D eigenvalue weighted by molar-refractivity contribution is 5.64. The molecule has 7 heteroatoms. The first-order valence-electron chi connectivity index (χ1n) is 8.38. The Morgan fingerprint density at radius 1 is 1.00 bits per heavy atom. The highest BCUT2D eigenvalue weighted by Crippen LogP contribution is 2.26. The maximum atomic E-state index is 5.61. The first-order valence-corrected chi connectivity index (χ1v) is 8.38. The number of anilines is 5. The molecular formula is C19H22N6O. The summed E-state index contributed by atoms with van der Waals surface area (Å²) in [5.41, 5.74) is 2.85. The highest BCUT2D eigenvalue weighted by atomic mass is 16.5. The predicted octanol–water partition coefficient (Wildman–Crippen LogP) is 3.82. The number of nitrogens with zero attached hydrogens (tertiary/aromatic N) is 4. The van der Waals surface area contributed by atoms with Gasteiger partial charge in [-0.1, -0.05) is 12.1 Å². The molecule has 1 aromatic heterocycles. The number of hydrogen-bond acceptors (Lipinski definition) is 7. The summed E-state index contributed by atoms with van der Waals surface area (Å²) in [7, 11) is 4.02. The van der Waals surface area contributed by atoms with Gasteiger partial charge in [-0.25, -0.2) is 0 Å². The zero-order valence-corrected chi connectivity index (χ0v) is 15.1. The Labute approximate surface area is 153 Å². The molecule has 0 fully saturated rings. The molecule has 0 aliphatic carbocycles. The molecule has 0 unspecified atom stereocenters. The van der Waals surface area contributed by atoms with E-state index in [4.69, 9.17) is 4.74 Å². The van der Waals surface area contributed by atoms with Crippen molar-refractivity contribution < 1.29 is 4.74 Å². The van der Waals surface area contributed by atoms with Crippen LogP contribution in [0.4, 0.5) is 28.8 Å². The second kappa shape index (κ2) is 8.15. The molecule has 0 atom stereocenters. The van der Waals surface area contributed by atoms with Crippen LogP contribution in [0, 0.1) is 0 Å². The van der Waals surface area contributed by atoms with Gasteiger partial charge in [0, 0.05) is 25.5 Å². The van der Waals surface area contributed by atoms with Crippen molar-refractivity contribution in [1.82, 2.24) is 15.2 Å². The minimum atomic E-state index is 0.395. The Morgan fingerprint density at radius 2 is 1.77 bits per heavy atom. The van der Waals surface area contributed by atoms with Gasteiger partial charge in [0.15, 0.2) is 5.82 Å². The quantitative estimate of drug-likeness (QED) is 0.671. The van der Waals surface area contributed by atoms with Crippen LogP contribution in [0.3, 0.4) is 0 Å². The minimum absolute atomic E-state index is 0.395. The summed E-state index contributed by atoms with van der Waals surface area (Å²) in [6.07, 6.45) is 1.58. The molecule has 0 saturated carbocycles. The third-order valence-electron chi connectivity index (χ3n) is 3.65. The summed E-state index contributed by atoms with van der Waals surface area (Å²) in [6, 6.07) is 15.7. The van der Waals surface area contributed by atoms with Crippen LogP contribution in [0.2, 0.25) is 0 Å². The molecule has 3 rings (SSSR count). The number of benzene rings is 2. The van der Waals surface area contributed by atoms with Crippen LogP contribution in [0.15, 0.2) is 54.7 Å². The smallest absolute Gasteiger partial charge is 0.249 e. The van der Waals surface area contributed by atoms with E-state index in [1.165, 1.54) is 0 Å². The maximum absolute atomic E-state index is 5.61. The van der Waals surface area contributed by atoms with Crippen molar-refractivity contribution >= 4 is 28.8 Å². The average Bonchev–Trinajstić information content (AvgIpc) is 2.64. The summed E-state index contributed by atoms with van der Waals surface area (Å²) < 4.78 is 5.61. The molecule has 0 bridgehead atoms. The number of hydrogen-bond donors (Lipinski definition) is 2. The second-order valence-electron chi connectivity index (χ2n) is 5.79. The first kappa shape index (κ1) is 17.5. The summed E-state index contributed by atoms with van der Waals surface area (Å²) in [4.78, 5) is 6.51. The van der Waals surface area contributed by atoms with Gasteiger partial charge in [-0.15, -0.1) is 5.10 Å². The van der Waals surface area contributed by atoms with Gasteiger partial charge in [0.05, 0.1) is 18.5 Å². The Hall–Kier alpha value is -3.35. The van der Waals surface area contributed by atoms with Gasteiger partial charge in [0.1, 0.15) is 5.75 Å². The maximum Gasteiger partial charge on any atom is 0.249 e. The molecule has 0 aliphatic heterocycles. The van der Waals surface area contributed by atoms with Crippen molar-refractivity contribution in [2.45, 2.75) is 6.92 Å². The van der Waals surface area contributed by atoms with E-state index in [9.17, 15) is 0 Å². The lowest BCUT2D eigenvalue weighted by molar-refractivity contribution is 0.342. The zero-order valence-electron chi connectivity index (χ0n) is 15.1. The fraction of sp³-hybridized carbons (Fsp3) is 0.211. The fourth-order valence-electron chi connectivity index (χ4n) is 2.38. The van der Waals surface area contributed by atoms with Gasteiger partial charge in [0.25, 0.3) is 0 Å². The molecule has 2 N–H and O–H groups in total. The van der Waals surface area contributed by atoms with E-state index < -0.39 is 0 Å². The van der Waals surface area contributed by atoms with Gasteiger partial charge < -0.3 is 20.3 Å². The summed E-state index contributed by atoms with van der Waals surface area (Å²) >= 11 is 0. The Balaban J connectivity index is 1.74. The number of nitrogens with one attached hydrogen (secondary N) is 2. The van der Waals surface area contributed by atoms with Gasteiger partial charge in [0.2, 0.25) is 5.95 Å². The molecule has 26 heavy (non-hydrogen) atoms. The lowest BCUT2D eigenvalue weighted by Crippen LogP contribution is -2.08. The van der Waals surface area contributed by atoms with Gasteiger partial charge in [-0.2, -0.15) is 10.1 Å². The predicted molar refractivity (Wildman–Crippen MR) is 105 cm³/mol. The minimum Gasteiger partial charge on any atom is -0.492 e. The Morgan fingerprint density at radius 3 is 2.50 bits per heavy atom. The number of aromatic nitrogens is 3. The van der Waals surface area contributed by atoms with E-state index in [2.05, 4.69) is 25.8 Å². The molecular weight excluding hydrogens is 328 g/mol. The van der Waals surface area contributed by atoms with Gasteiger partial charge in [-0.05, 0) is 43.3 Å². The van der Waals surface area contributed by atoms with Gasteiger partial charge in [-0.3, -0.25) is 0 Å². The van der Waals surface area contributed by atoms with Crippen molar-refractivity contribution in [2.24, 2.45) is 0 Å². The second-order valence-corrected chi connectivity index (χ2v) is 5.79. The largest absolute Gasteiger partial charge is 0.492 e. The molecule has 7 nitrogen and oxygen atoms in total. The van der Waals surface area contributed by atoms with Crippen molar-refractivity contribution in [1.29, 1.82) is 0 Å². The van der Waals surface area contributed by atoms with Crippen LogP contribution in [0.5, 0.6) is 5.75 Å². The highest BCUT2D eigenvalue weighted by Gasteiger charge is 2.06. The van der Waals surface area contributed by atoms with Crippen LogP contribution in [-0.4, -0.2) is 35.9 Å². The van der Waals surface area contributed by atoms with Crippen molar-refractivity contribution in [3.8, 4) is 5.75 Å². The third-order valence-corrected chi connectivity index (χ3v) is 3.65. The van der Waals surface area contributed by atoms with Crippen LogP contribution >= 0.6 is 0 Å². The lowest BCUT2D eigenvalue weighted by atomic mass is 10.2. The molecule has 0 amide bonds. The van der Waals surface area contributed by atoms with E-state index in [1.54, 1.807) is 6.20 Å². The van der Waals surface area contributed by atoms with E-state index in [0.29, 0.717) is 18.4 Å². The average molecular weight is 350 g/mol.